The van der Waals surface area contributed by atoms with Crippen LogP contribution in [0.3, 0.4) is 0 Å². The first-order valence-corrected chi connectivity index (χ1v) is 7.14. The fourth-order valence-electron chi connectivity index (χ4n) is 1.99. The van der Waals surface area contributed by atoms with Crippen LogP contribution in [0.25, 0.3) is 11.3 Å². The topological polar surface area (TPSA) is 38.9 Å². The normalized spacial score (nSPS) is 10.7. The SMILES string of the molecule is Nc1ccc(Cc2nc(-c3ccccc3)cs2)cc1F. The van der Waals surface area contributed by atoms with E-state index < -0.39 is 0 Å². The summed E-state index contributed by atoms with van der Waals surface area (Å²) in [5, 5.41) is 2.99. The third-order valence-corrected chi connectivity index (χ3v) is 3.89. The molecule has 0 amide bonds. The molecular formula is C16H13FN2S. The zero-order chi connectivity index (χ0) is 13.9. The van der Waals surface area contributed by atoms with Gasteiger partial charge in [0.05, 0.1) is 16.4 Å². The monoisotopic (exact) mass is 284 g/mol. The Hall–Kier alpha value is -2.20. The zero-order valence-electron chi connectivity index (χ0n) is 10.7. The van der Waals surface area contributed by atoms with Gasteiger partial charge in [0.2, 0.25) is 0 Å². The Kier molecular flexibility index (Phi) is 3.48. The predicted molar refractivity (Wildman–Crippen MR) is 81.2 cm³/mol. The Bertz CT molecular complexity index is 722. The van der Waals surface area contributed by atoms with Crippen molar-refractivity contribution in [3.63, 3.8) is 0 Å². The molecule has 0 bridgehead atoms. The Morgan fingerprint density at radius 1 is 1.10 bits per heavy atom. The molecule has 0 atom stereocenters. The van der Waals surface area contributed by atoms with E-state index in [4.69, 9.17) is 5.73 Å². The molecule has 100 valence electrons. The van der Waals surface area contributed by atoms with Gasteiger partial charge >= 0.3 is 0 Å². The molecular weight excluding hydrogens is 271 g/mol. The van der Waals surface area contributed by atoms with Crippen LogP contribution in [0.4, 0.5) is 10.1 Å². The first-order chi connectivity index (χ1) is 9.72. The highest BCUT2D eigenvalue weighted by Gasteiger charge is 2.06. The van der Waals surface area contributed by atoms with Crippen LogP contribution in [-0.2, 0) is 6.42 Å². The van der Waals surface area contributed by atoms with E-state index in [9.17, 15) is 4.39 Å². The van der Waals surface area contributed by atoms with Crippen LogP contribution >= 0.6 is 11.3 Å². The minimum atomic E-state index is -0.373. The number of rotatable bonds is 3. The molecule has 0 saturated heterocycles. The maximum Gasteiger partial charge on any atom is 0.146 e. The van der Waals surface area contributed by atoms with Gasteiger partial charge in [0, 0.05) is 17.4 Å². The number of halogens is 1. The molecule has 2 nitrogen and oxygen atoms in total. The fourth-order valence-corrected chi connectivity index (χ4v) is 2.83. The molecule has 1 heterocycles. The first kappa shape index (κ1) is 12.8. The van der Waals surface area contributed by atoms with Gasteiger partial charge in [-0.15, -0.1) is 11.3 Å². The van der Waals surface area contributed by atoms with E-state index in [1.807, 2.05) is 41.8 Å². The molecule has 0 radical (unpaired) electrons. The molecule has 1 aromatic heterocycles. The highest BCUT2D eigenvalue weighted by atomic mass is 32.1. The standard InChI is InChI=1S/C16H13FN2S/c17-13-8-11(6-7-14(13)18)9-16-19-15(10-20-16)12-4-2-1-3-5-12/h1-8,10H,9,18H2. The van der Waals surface area contributed by atoms with Crippen molar-refractivity contribution in [3.05, 3.63) is 70.3 Å². The Balaban J connectivity index is 1.82. The van der Waals surface area contributed by atoms with Gasteiger partial charge < -0.3 is 5.73 Å². The third-order valence-electron chi connectivity index (χ3n) is 3.04. The maximum atomic E-state index is 13.4. The van der Waals surface area contributed by atoms with Gasteiger partial charge in [-0.2, -0.15) is 0 Å². The second kappa shape index (κ2) is 5.43. The van der Waals surface area contributed by atoms with Crippen molar-refractivity contribution >= 4 is 17.0 Å². The quantitative estimate of drug-likeness (QED) is 0.735. The lowest BCUT2D eigenvalue weighted by molar-refractivity contribution is 0.630. The average Bonchev–Trinajstić information content (AvgIpc) is 2.92. The zero-order valence-corrected chi connectivity index (χ0v) is 11.5. The summed E-state index contributed by atoms with van der Waals surface area (Å²) in [6.07, 6.45) is 0.620. The van der Waals surface area contributed by atoms with Crippen molar-refractivity contribution in [1.82, 2.24) is 4.98 Å². The van der Waals surface area contributed by atoms with E-state index in [1.54, 1.807) is 17.4 Å². The molecule has 2 aromatic carbocycles. The van der Waals surface area contributed by atoms with Crippen LogP contribution in [0.15, 0.2) is 53.9 Å². The van der Waals surface area contributed by atoms with Crippen molar-refractivity contribution < 1.29 is 4.39 Å². The van der Waals surface area contributed by atoms with E-state index in [0.717, 1.165) is 21.8 Å². The van der Waals surface area contributed by atoms with E-state index in [-0.39, 0.29) is 11.5 Å². The summed E-state index contributed by atoms with van der Waals surface area (Å²) >= 11 is 1.58. The number of aromatic nitrogens is 1. The Labute approximate surface area is 120 Å². The molecule has 4 heteroatoms. The average molecular weight is 284 g/mol. The minimum absolute atomic E-state index is 0.179. The summed E-state index contributed by atoms with van der Waals surface area (Å²) in [6.45, 7) is 0. The van der Waals surface area contributed by atoms with E-state index in [0.29, 0.717) is 6.42 Å². The molecule has 20 heavy (non-hydrogen) atoms. The van der Waals surface area contributed by atoms with Crippen LogP contribution in [-0.4, -0.2) is 4.98 Å². The summed E-state index contributed by atoms with van der Waals surface area (Å²) < 4.78 is 13.4. The van der Waals surface area contributed by atoms with E-state index in [1.165, 1.54) is 6.07 Å². The van der Waals surface area contributed by atoms with Crippen molar-refractivity contribution in [1.29, 1.82) is 0 Å². The Morgan fingerprint density at radius 3 is 2.65 bits per heavy atom. The Morgan fingerprint density at radius 2 is 1.90 bits per heavy atom. The molecule has 0 aliphatic rings. The van der Waals surface area contributed by atoms with Crippen LogP contribution in [0, 0.1) is 5.82 Å². The van der Waals surface area contributed by atoms with Crippen molar-refractivity contribution in [2.24, 2.45) is 0 Å². The number of thiazole rings is 1. The molecule has 0 fully saturated rings. The summed E-state index contributed by atoms with van der Waals surface area (Å²) in [5.74, 6) is -0.373. The second-order valence-electron chi connectivity index (χ2n) is 4.53. The summed E-state index contributed by atoms with van der Waals surface area (Å²) in [4.78, 5) is 4.59. The molecule has 2 N–H and O–H groups in total. The molecule has 0 saturated carbocycles. The number of anilines is 1. The molecule has 0 spiro atoms. The van der Waals surface area contributed by atoms with Gasteiger partial charge in [-0.25, -0.2) is 9.37 Å². The van der Waals surface area contributed by atoms with Gasteiger partial charge in [0.15, 0.2) is 0 Å². The van der Waals surface area contributed by atoms with Crippen molar-refractivity contribution in [2.75, 3.05) is 5.73 Å². The van der Waals surface area contributed by atoms with E-state index in [2.05, 4.69) is 4.98 Å². The third kappa shape index (κ3) is 2.70. The van der Waals surface area contributed by atoms with Crippen molar-refractivity contribution in [2.45, 2.75) is 6.42 Å². The number of nitrogen functional groups attached to an aromatic ring is 1. The van der Waals surface area contributed by atoms with Crippen LogP contribution in [0.2, 0.25) is 0 Å². The molecule has 0 unspecified atom stereocenters. The van der Waals surface area contributed by atoms with Gasteiger partial charge in [-0.3, -0.25) is 0 Å². The second-order valence-corrected chi connectivity index (χ2v) is 5.47. The van der Waals surface area contributed by atoms with Gasteiger partial charge in [0.25, 0.3) is 0 Å². The first-order valence-electron chi connectivity index (χ1n) is 6.26. The number of hydrogen-bond acceptors (Lipinski definition) is 3. The number of nitrogens with zero attached hydrogens (tertiary/aromatic N) is 1. The highest BCUT2D eigenvalue weighted by Crippen LogP contribution is 2.23. The lowest BCUT2D eigenvalue weighted by atomic mass is 10.1. The summed E-state index contributed by atoms with van der Waals surface area (Å²) in [5.41, 5.74) is 8.59. The summed E-state index contributed by atoms with van der Waals surface area (Å²) in [7, 11) is 0. The van der Waals surface area contributed by atoms with Gasteiger partial charge in [-0.05, 0) is 17.7 Å². The maximum absolute atomic E-state index is 13.4. The lowest BCUT2D eigenvalue weighted by Crippen LogP contribution is -1.94. The molecule has 3 rings (SSSR count). The van der Waals surface area contributed by atoms with Crippen LogP contribution in [0.1, 0.15) is 10.6 Å². The largest absolute Gasteiger partial charge is 0.396 e. The summed E-state index contributed by atoms with van der Waals surface area (Å²) in [6, 6.07) is 14.9. The van der Waals surface area contributed by atoms with E-state index >= 15 is 0 Å². The number of hydrogen-bond donors (Lipinski definition) is 1. The van der Waals surface area contributed by atoms with Crippen LogP contribution < -0.4 is 5.73 Å². The highest BCUT2D eigenvalue weighted by molar-refractivity contribution is 7.10. The predicted octanol–water partition coefficient (Wildman–Crippen LogP) is 4.12. The minimum Gasteiger partial charge on any atom is -0.396 e. The number of nitrogens with two attached hydrogens (primary N) is 1. The smallest absolute Gasteiger partial charge is 0.146 e. The molecule has 0 aliphatic heterocycles. The van der Waals surface area contributed by atoms with Gasteiger partial charge in [-0.1, -0.05) is 36.4 Å². The fraction of sp³-hybridized carbons (Fsp3) is 0.0625. The van der Waals surface area contributed by atoms with Crippen molar-refractivity contribution in [3.8, 4) is 11.3 Å². The number of benzene rings is 2. The lowest BCUT2D eigenvalue weighted by Gasteiger charge is -2.01. The molecule has 3 aromatic rings. The van der Waals surface area contributed by atoms with Crippen LogP contribution in [0.5, 0.6) is 0 Å². The van der Waals surface area contributed by atoms with Gasteiger partial charge in [0.1, 0.15) is 5.82 Å². The molecule has 0 aliphatic carbocycles.